The molecule has 0 spiro atoms. The first-order valence-electron chi connectivity index (χ1n) is 6.05. The van der Waals surface area contributed by atoms with Crippen LogP contribution in [0.25, 0.3) is 0 Å². The molecule has 0 unspecified atom stereocenters. The molecule has 2 rings (SSSR count). The molecule has 0 aliphatic carbocycles. The number of carbonyl (C=O) groups excluding carboxylic acids is 1. The lowest BCUT2D eigenvalue weighted by molar-refractivity contribution is -0.122. The molecule has 1 N–H and O–H groups in total. The van der Waals surface area contributed by atoms with Crippen molar-refractivity contribution in [2.45, 2.75) is 19.0 Å². The lowest BCUT2D eigenvalue weighted by Gasteiger charge is -2.12. The molecule has 1 aliphatic rings. The predicted octanol–water partition coefficient (Wildman–Crippen LogP) is -2.15. The lowest BCUT2D eigenvalue weighted by Crippen LogP contribution is -2.42. The Bertz CT molecular complexity index is 746. The first kappa shape index (κ1) is 14.5. The zero-order valence-corrected chi connectivity index (χ0v) is 11.7. The van der Waals surface area contributed by atoms with Crippen molar-refractivity contribution < 1.29 is 13.2 Å². The molecule has 1 atom stereocenters. The van der Waals surface area contributed by atoms with Gasteiger partial charge in [0.15, 0.2) is 9.84 Å². The molecule has 0 bridgehead atoms. The Kier molecular flexibility index (Phi) is 3.80. The Morgan fingerprint density at radius 2 is 2.15 bits per heavy atom. The van der Waals surface area contributed by atoms with Gasteiger partial charge in [-0.3, -0.25) is 18.7 Å². The highest BCUT2D eigenvalue weighted by atomic mass is 32.2. The number of carbonyl (C=O) groups is 1. The average molecular weight is 301 g/mol. The molecule has 0 radical (unpaired) electrons. The van der Waals surface area contributed by atoms with E-state index in [4.69, 9.17) is 0 Å². The molecular formula is C11H15N3O5S. The van der Waals surface area contributed by atoms with Crippen molar-refractivity contribution in [3.63, 3.8) is 0 Å². The Hall–Kier alpha value is -1.90. The second kappa shape index (κ2) is 5.23. The number of aromatic nitrogens is 2. The van der Waals surface area contributed by atoms with Gasteiger partial charge in [-0.2, -0.15) is 0 Å². The molecule has 1 fully saturated rings. The third-order valence-electron chi connectivity index (χ3n) is 3.17. The van der Waals surface area contributed by atoms with Crippen LogP contribution >= 0.6 is 0 Å². The Labute approximate surface area is 114 Å². The van der Waals surface area contributed by atoms with Crippen LogP contribution < -0.4 is 16.6 Å². The van der Waals surface area contributed by atoms with Crippen molar-refractivity contribution in [2.75, 3.05) is 11.5 Å². The summed E-state index contributed by atoms with van der Waals surface area (Å²) in [6.07, 6.45) is 1.63. The number of nitrogens with zero attached hydrogens (tertiary/aromatic N) is 2. The fraction of sp³-hybridized carbons (Fsp3) is 0.545. The van der Waals surface area contributed by atoms with Crippen molar-refractivity contribution in [2.24, 2.45) is 7.05 Å². The molecule has 1 amide bonds. The summed E-state index contributed by atoms with van der Waals surface area (Å²) in [5, 5.41) is 2.58. The molecule has 0 saturated carbocycles. The second-order valence-corrected chi connectivity index (χ2v) is 7.02. The topological polar surface area (TPSA) is 107 Å². The van der Waals surface area contributed by atoms with Crippen molar-refractivity contribution in [1.82, 2.24) is 14.5 Å². The molecule has 9 heteroatoms. The van der Waals surface area contributed by atoms with Gasteiger partial charge in [-0.15, -0.1) is 0 Å². The molecule has 8 nitrogen and oxygen atoms in total. The van der Waals surface area contributed by atoms with Crippen LogP contribution in [0, 0.1) is 0 Å². The van der Waals surface area contributed by atoms with E-state index in [0.29, 0.717) is 6.42 Å². The SMILES string of the molecule is Cn1c(=O)ccn(CC(=O)N[C@H]2CCS(=O)(=O)C2)c1=O. The van der Waals surface area contributed by atoms with E-state index in [1.807, 2.05) is 0 Å². The van der Waals surface area contributed by atoms with Crippen molar-refractivity contribution in [1.29, 1.82) is 0 Å². The minimum atomic E-state index is -3.06. The summed E-state index contributed by atoms with van der Waals surface area (Å²) in [6.45, 7) is -0.247. The van der Waals surface area contributed by atoms with Crippen LogP contribution in [0.5, 0.6) is 0 Å². The summed E-state index contributed by atoms with van der Waals surface area (Å²) in [7, 11) is -1.74. The van der Waals surface area contributed by atoms with E-state index in [1.54, 1.807) is 0 Å². The Morgan fingerprint density at radius 3 is 2.75 bits per heavy atom. The van der Waals surface area contributed by atoms with Gasteiger partial charge in [0.1, 0.15) is 6.54 Å². The minimum Gasteiger partial charge on any atom is -0.351 e. The summed E-state index contributed by atoms with van der Waals surface area (Å²) in [5.41, 5.74) is -1.04. The number of hydrogen-bond acceptors (Lipinski definition) is 5. The third kappa shape index (κ3) is 3.16. The van der Waals surface area contributed by atoms with Gasteiger partial charge in [0, 0.05) is 25.4 Å². The fourth-order valence-corrected chi connectivity index (χ4v) is 3.75. The smallest absolute Gasteiger partial charge is 0.331 e. The highest BCUT2D eigenvalue weighted by Crippen LogP contribution is 2.10. The number of rotatable bonds is 3. The van der Waals surface area contributed by atoms with E-state index < -0.39 is 33.0 Å². The Balaban J connectivity index is 2.04. The summed E-state index contributed by atoms with van der Waals surface area (Å²) >= 11 is 0. The van der Waals surface area contributed by atoms with Crippen LogP contribution in [-0.2, 0) is 28.2 Å². The molecule has 20 heavy (non-hydrogen) atoms. The summed E-state index contributed by atoms with van der Waals surface area (Å²) in [5.74, 6) is -0.452. The highest BCUT2D eigenvalue weighted by molar-refractivity contribution is 7.91. The zero-order valence-electron chi connectivity index (χ0n) is 10.9. The van der Waals surface area contributed by atoms with Crippen LogP contribution in [0.15, 0.2) is 21.9 Å². The van der Waals surface area contributed by atoms with Crippen LogP contribution in [-0.4, -0.2) is 41.0 Å². The van der Waals surface area contributed by atoms with Gasteiger partial charge >= 0.3 is 5.69 Å². The number of nitrogens with one attached hydrogen (secondary N) is 1. The van der Waals surface area contributed by atoms with E-state index >= 15 is 0 Å². The molecule has 110 valence electrons. The van der Waals surface area contributed by atoms with Crippen LogP contribution in [0.4, 0.5) is 0 Å². The summed E-state index contributed by atoms with van der Waals surface area (Å²) < 4.78 is 24.5. The summed E-state index contributed by atoms with van der Waals surface area (Å²) in [4.78, 5) is 34.7. The maximum atomic E-state index is 11.8. The maximum Gasteiger partial charge on any atom is 0.331 e. The van der Waals surface area contributed by atoms with Gasteiger partial charge in [0.25, 0.3) is 5.56 Å². The number of hydrogen-bond donors (Lipinski definition) is 1. The largest absolute Gasteiger partial charge is 0.351 e. The van der Waals surface area contributed by atoms with E-state index in [1.165, 1.54) is 19.3 Å². The predicted molar refractivity (Wildman–Crippen MR) is 71.1 cm³/mol. The van der Waals surface area contributed by atoms with Crippen molar-refractivity contribution >= 4 is 15.7 Å². The van der Waals surface area contributed by atoms with Crippen LogP contribution in [0.3, 0.4) is 0 Å². The van der Waals surface area contributed by atoms with Crippen molar-refractivity contribution in [3.05, 3.63) is 33.1 Å². The normalized spacial score (nSPS) is 20.8. The lowest BCUT2D eigenvalue weighted by atomic mass is 10.2. The van der Waals surface area contributed by atoms with Gasteiger partial charge in [0.2, 0.25) is 5.91 Å². The fourth-order valence-electron chi connectivity index (χ4n) is 2.07. The zero-order chi connectivity index (χ0) is 14.9. The van der Waals surface area contributed by atoms with Gasteiger partial charge < -0.3 is 5.32 Å². The van der Waals surface area contributed by atoms with E-state index in [2.05, 4.69) is 5.32 Å². The molecule has 1 saturated heterocycles. The Morgan fingerprint density at radius 1 is 1.45 bits per heavy atom. The molecule has 1 aromatic rings. The quantitative estimate of drug-likeness (QED) is 0.685. The highest BCUT2D eigenvalue weighted by Gasteiger charge is 2.28. The van der Waals surface area contributed by atoms with Gasteiger partial charge in [0.05, 0.1) is 11.5 Å². The molecular weight excluding hydrogens is 286 g/mol. The third-order valence-corrected chi connectivity index (χ3v) is 4.94. The maximum absolute atomic E-state index is 11.8. The first-order chi connectivity index (χ1) is 9.28. The monoisotopic (exact) mass is 301 g/mol. The van der Waals surface area contributed by atoms with E-state index in [-0.39, 0.29) is 18.1 Å². The molecule has 2 heterocycles. The average Bonchev–Trinajstić information content (AvgIpc) is 2.69. The van der Waals surface area contributed by atoms with Gasteiger partial charge in [-0.25, -0.2) is 13.2 Å². The number of sulfone groups is 1. The van der Waals surface area contributed by atoms with Crippen LogP contribution in [0.1, 0.15) is 6.42 Å². The minimum absolute atomic E-state index is 0.0672. The van der Waals surface area contributed by atoms with Crippen molar-refractivity contribution in [3.8, 4) is 0 Å². The molecule has 1 aromatic heterocycles. The number of amides is 1. The van der Waals surface area contributed by atoms with Crippen LogP contribution in [0.2, 0.25) is 0 Å². The first-order valence-corrected chi connectivity index (χ1v) is 7.87. The second-order valence-electron chi connectivity index (χ2n) is 4.79. The summed E-state index contributed by atoms with van der Waals surface area (Å²) in [6, 6.07) is 0.782. The van der Waals surface area contributed by atoms with E-state index in [0.717, 1.165) is 9.13 Å². The molecule has 1 aliphatic heterocycles. The van der Waals surface area contributed by atoms with Gasteiger partial charge in [-0.05, 0) is 6.42 Å². The molecule has 0 aromatic carbocycles. The standard InChI is InChI=1S/C11H15N3O5S/c1-13-10(16)2-4-14(11(13)17)6-9(15)12-8-3-5-20(18,19)7-8/h2,4,8H,3,5-7H2,1H3,(H,12,15)/t8-/m0/s1. The van der Waals surface area contributed by atoms with E-state index in [9.17, 15) is 22.8 Å². The van der Waals surface area contributed by atoms with Gasteiger partial charge in [-0.1, -0.05) is 0 Å².